The number of carbonyl (C=O) groups excluding carboxylic acids is 5. The highest BCUT2D eigenvalue weighted by atomic mass is 16.5. The molecular weight excluding hydrogens is 745 g/mol. The van der Waals surface area contributed by atoms with E-state index in [0.717, 1.165) is 50.5 Å². The summed E-state index contributed by atoms with van der Waals surface area (Å²) < 4.78 is 12.5. The summed E-state index contributed by atoms with van der Waals surface area (Å²) in [7, 11) is 1.61. The summed E-state index contributed by atoms with van der Waals surface area (Å²) in [6.07, 6.45) is 5.98. The summed E-state index contributed by atoms with van der Waals surface area (Å²) in [5.41, 5.74) is 0.848. The third kappa shape index (κ3) is 15.5. The van der Waals surface area contributed by atoms with Crippen LogP contribution in [0.4, 0.5) is 4.79 Å². The Balaban J connectivity index is 2.08. The Bertz CT molecular complexity index is 1470. The van der Waals surface area contributed by atoms with Gasteiger partial charge in [0.25, 0.3) is 0 Å². The number of unbranched alkanes of at least 4 members (excludes halogenated alkanes) is 3. The van der Waals surface area contributed by atoms with Gasteiger partial charge in [-0.15, -0.1) is 0 Å². The number of hydrogen-bond acceptors (Lipinski definition) is 8. The highest BCUT2D eigenvalue weighted by molar-refractivity contribution is 5.96. The van der Waals surface area contributed by atoms with Crippen LogP contribution >= 0.6 is 0 Å². The van der Waals surface area contributed by atoms with Crippen LogP contribution in [0.15, 0.2) is 30.3 Å². The van der Waals surface area contributed by atoms with Gasteiger partial charge in [-0.1, -0.05) is 103 Å². The van der Waals surface area contributed by atoms with Gasteiger partial charge in [-0.05, 0) is 56.9 Å². The van der Waals surface area contributed by atoms with Crippen LogP contribution in [-0.4, -0.2) is 108 Å². The van der Waals surface area contributed by atoms with Gasteiger partial charge in [-0.2, -0.15) is 0 Å². The first kappa shape index (κ1) is 48.1. The first-order valence-electron chi connectivity index (χ1n) is 21.3. The van der Waals surface area contributed by atoms with Crippen molar-refractivity contribution in [3.8, 4) is 0 Å². The molecule has 6 N–H and O–H groups in total. The van der Waals surface area contributed by atoms with E-state index < -0.39 is 84.6 Å². The Morgan fingerprint density at radius 3 is 2.22 bits per heavy atom. The molecule has 58 heavy (non-hydrogen) atoms. The lowest BCUT2D eigenvalue weighted by Gasteiger charge is -2.36. The van der Waals surface area contributed by atoms with Crippen LogP contribution in [-0.2, 0) is 40.1 Å². The van der Waals surface area contributed by atoms with Gasteiger partial charge in [0.1, 0.15) is 24.2 Å². The van der Waals surface area contributed by atoms with E-state index in [1.807, 2.05) is 44.2 Å². The molecule has 1 unspecified atom stereocenters. The fraction of sp³-hybridized carbons (Fsp3) is 0.721. The SMILES string of the molecule is CCCCCC[C@H]1OC[C@@H](C)NC(=O)[C@H](C(C)OCc2ccccc2)NC(=O)[C@H](CNC(=O)O)NC(=O)[C@H](C2CCCCC2)NC(=O)[C@H](CC(C)C)N(C)C(=O)[C@@H]1C. The second-order valence-electron chi connectivity index (χ2n) is 16.6. The molecule has 326 valence electrons. The van der Waals surface area contributed by atoms with Crippen molar-refractivity contribution in [2.45, 2.75) is 161 Å². The minimum atomic E-state index is -1.46. The Morgan fingerprint density at radius 2 is 1.59 bits per heavy atom. The standard InChI is InChI=1S/C43H70N6O9/c1-8-9-10-17-22-35-29(5)42(54)49(7)34(23-27(2)3)39(51)48-37(32-20-15-12-16-21-32)41(53)46-33(24-44-43(55)56)38(50)47-36(40(52)45-28(4)25-58-35)30(6)57-26-31-18-13-11-14-19-31/h11,13-14,18-19,27-30,32-37,44H,8-10,12,15-17,20-26H2,1-7H3,(H,45,52)(H,46,53)(H,47,50)(H,48,51)(H,55,56)/t28-,29-,30?,33+,34+,35-,36+,37+/m1/s1. The average Bonchev–Trinajstić information content (AvgIpc) is 3.20. The van der Waals surface area contributed by atoms with Gasteiger partial charge >= 0.3 is 6.09 Å². The van der Waals surface area contributed by atoms with Crippen molar-refractivity contribution in [1.82, 2.24) is 31.5 Å². The number of nitrogens with one attached hydrogen (secondary N) is 5. The monoisotopic (exact) mass is 815 g/mol. The number of likely N-dealkylation sites (N-methyl/N-ethyl adjacent to an activating group) is 1. The molecule has 1 aliphatic heterocycles. The molecule has 8 atom stereocenters. The summed E-state index contributed by atoms with van der Waals surface area (Å²) in [5, 5.41) is 23.0. The molecule has 1 saturated carbocycles. The van der Waals surface area contributed by atoms with Gasteiger partial charge in [0, 0.05) is 13.1 Å². The fourth-order valence-electron chi connectivity index (χ4n) is 7.74. The zero-order chi connectivity index (χ0) is 42.8. The second kappa shape index (κ2) is 24.6. The van der Waals surface area contributed by atoms with E-state index in [4.69, 9.17) is 9.47 Å². The number of rotatable bonds is 14. The van der Waals surface area contributed by atoms with E-state index in [1.165, 1.54) is 4.90 Å². The Hall–Kier alpha value is -4.24. The van der Waals surface area contributed by atoms with Gasteiger partial charge in [-0.3, -0.25) is 24.0 Å². The van der Waals surface area contributed by atoms with E-state index in [9.17, 15) is 33.9 Å². The number of carbonyl (C=O) groups is 6. The average molecular weight is 815 g/mol. The summed E-state index contributed by atoms with van der Waals surface area (Å²) in [6.45, 7) is 10.9. The third-order valence-corrected chi connectivity index (χ3v) is 11.2. The normalized spacial score (nSPS) is 27.0. The molecule has 3 rings (SSSR count). The maximum absolute atomic E-state index is 14.4. The van der Waals surface area contributed by atoms with E-state index in [1.54, 1.807) is 27.8 Å². The zero-order valence-corrected chi connectivity index (χ0v) is 35.7. The van der Waals surface area contributed by atoms with E-state index >= 15 is 0 Å². The van der Waals surface area contributed by atoms with Crippen molar-refractivity contribution < 1.29 is 43.3 Å². The third-order valence-electron chi connectivity index (χ3n) is 11.2. The van der Waals surface area contributed by atoms with E-state index in [-0.39, 0.29) is 31.0 Å². The maximum Gasteiger partial charge on any atom is 0.404 e. The molecule has 6 amide bonds. The van der Waals surface area contributed by atoms with Crippen molar-refractivity contribution in [2.24, 2.45) is 17.8 Å². The first-order chi connectivity index (χ1) is 27.6. The van der Waals surface area contributed by atoms with Crippen molar-refractivity contribution in [3.63, 3.8) is 0 Å². The molecule has 1 saturated heterocycles. The van der Waals surface area contributed by atoms with Gasteiger partial charge in [0.05, 0.1) is 37.9 Å². The van der Waals surface area contributed by atoms with Crippen molar-refractivity contribution in [1.29, 1.82) is 0 Å². The first-order valence-corrected chi connectivity index (χ1v) is 21.3. The molecule has 0 radical (unpaired) electrons. The van der Waals surface area contributed by atoms with E-state index in [0.29, 0.717) is 25.7 Å². The van der Waals surface area contributed by atoms with Crippen LogP contribution in [0.2, 0.25) is 0 Å². The van der Waals surface area contributed by atoms with Crippen LogP contribution in [0.3, 0.4) is 0 Å². The Kier molecular flexibility index (Phi) is 20.4. The number of nitrogens with zero attached hydrogens (tertiary/aromatic N) is 1. The quantitative estimate of drug-likeness (QED) is 0.148. The minimum Gasteiger partial charge on any atom is -0.465 e. The molecule has 0 spiro atoms. The summed E-state index contributed by atoms with van der Waals surface area (Å²) in [6, 6.07) is 4.06. The zero-order valence-electron chi connectivity index (χ0n) is 35.7. The molecule has 0 aromatic heterocycles. The van der Waals surface area contributed by atoms with Crippen LogP contribution in [0.5, 0.6) is 0 Å². The Labute approximate surface area is 344 Å². The summed E-state index contributed by atoms with van der Waals surface area (Å²) in [4.78, 5) is 84.2. The molecule has 1 aromatic carbocycles. The summed E-state index contributed by atoms with van der Waals surface area (Å²) in [5.74, 6) is -3.69. The van der Waals surface area contributed by atoms with Gasteiger partial charge < -0.3 is 46.1 Å². The summed E-state index contributed by atoms with van der Waals surface area (Å²) >= 11 is 0. The van der Waals surface area contributed by atoms with Crippen LogP contribution in [0, 0.1) is 17.8 Å². The lowest BCUT2D eigenvalue weighted by molar-refractivity contribution is -0.147. The predicted octanol–water partition coefficient (Wildman–Crippen LogP) is 4.28. The number of benzene rings is 1. The second-order valence-corrected chi connectivity index (χ2v) is 16.6. The smallest absolute Gasteiger partial charge is 0.404 e. The number of amides is 6. The van der Waals surface area contributed by atoms with Gasteiger partial charge in [0.2, 0.25) is 29.5 Å². The van der Waals surface area contributed by atoms with Crippen molar-refractivity contribution in [3.05, 3.63) is 35.9 Å². The topological polar surface area (TPSA) is 204 Å². The van der Waals surface area contributed by atoms with Crippen LogP contribution in [0.1, 0.15) is 118 Å². The molecule has 2 aliphatic rings. The van der Waals surface area contributed by atoms with Crippen molar-refractivity contribution >= 4 is 35.6 Å². The molecule has 15 nitrogen and oxygen atoms in total. The van der Waals surface area contributed by atoms with Crippen molar-refractivity contribution in [2.75, 3.05) is 20.2 Å². The van der Waals surface area contributed by atoms with Crippen LogP contribution in [0.25, 0.3) is 0 Å². The minimum absolute atomic E-state index is 0.0256. The maximum atomic E-state index is 14.4. The largest absolute Gasteiger partial charge is 0.465 e. The Morgan fingerprint density at radius 1 is 0.897 bits per heavy atom. The highest BCUT2D eigenvalue weighted by Crippen LogP contribution is 2.28. The molecule has 1 heterocycles. The molecule has 2 fully saturated rings. The number of ether oxygens (including phenoxy) is 2. The van der Waals surface area contributed by atoms with Gasteiger partial charge in [0.15, 0.2) is 0 Å². The molecular formula is C43H70N6O9. The van der Waals surface area contributed by atoms with Crippen LogP contribution < -0.4 is 26.6 Å². The fourth-order valence-corrected chi connectivity index (χ4v) is 7.74. The van der Waals surface area contributed by atoms with E-state index in [2.05, 4.69) is 33.5 Å². The molecule has 1 aromatic rings. The lowest BCUT2D eigenvalue weighted by atomic mass is 9.83. The molecule has 15 heteroatoms. The molecule has 1 aliphatic carbocycles. The predicted molar refractivity (Wildman–Crippen MR) is 220 cm³/mol. The number of carboxylic acid groups (broad SMARTS) is 1. The number of hydrogen-bond donors (Lipinski definition) is 6. The van der Waals surface area contributed by atoms with Gasteiger partial charge in [-0.25, -0.2) is 4.79 Å². The highest BCUT2D eigenvalue weighted by Gasteiger charge is 2.40. The lowest BCUT2D eigenvalue weighted by Crippen LogP contribution is -2.63. The molecule has 0 bridgehead atoms.